The van der Waals surface area contributed by atoms with Crippen LogP contribution in [0.2, 0.25) is 0 Å². The van der Waals surface area contributed by atoms with Crippen molar-refractivity contribution in [2.24, 2.45) is 0 Å². The van der Waals surface area contributed by atoms with Crippen molar-refractivity contribution in [3.05, 3.63) is 53.6 Å². The van der Waals surface area contributed by atoms with E-state index in [4.69, 9.17) is 9.47 Å². The van der Waals surface area contributed by atoms with Gasteiger partial charge in [-0.1, -0.05) is 36.8 Å². The number of carbonyl (C=O) groups excluding carboxylic acids is 2. The minimum absolute atomic E-state index is 0.307. The van der Waals surface area contributed by atoms with Crippen molar-refractivity contribution < 1.29 is 19.1 Å². The molecule has 0 saturated carbocycles. The summed E-state index contributed by atoms with van der Waals surface area (Å²) in [5, 5.41) is 0. The number of hydrogen-bond acceptors (Lipinski definition) is 4. The second-order valence-corrected chi connectivity index (χ2v) is 6.03. The molecule has 0 heterocycles. The molecule has 132 valence electrons. The summed E-state index contributed by atoms with van der Waals surface area (Å²) >= 11 is 0. The maximum absolute atomic E-state index is 11.7. The quantitative estimate of drug-likeness (QED) is 0.361. The van der Waals surface area contributed by atoms with Gasteiger partial charge in [-0.2, -0.15) is 0 Å². The van der Waals surface area contributed by atoms with E-state index in [0.717, 1.165) is 5.56 Å². The number of hydrogen-bond donors (Lipinski definition) is 0. The van der Waals surface area contributed by atoms with Gasteiger partial charge >= 0.3 is 11.9 Å². The van der Waals surface area contributed by atoms with Crippen molar-refractivity contribution in [2.75, 3.05) is 0 Å². The lowest BCUT2D eigenvalue weighted by Gasteiger charge is -2.14. The molecule has 1 aliphatic carbocycles. The number of carbonyl (C=O) groups is 2. The molecule has 0 aliphatic heterocycles. The summed E-state index contributed by atoms with van der Waals surface area (Å²) in [4.78, 5) is 23.3. The molecule has 0 radical (unpaired) electrons. The van der Waals surface area contributed by atoms with Gasteiger partial charge in [0.1, 0.15) is 11.9 Å². The predicted octanol–water partition coefficient (Wildman–Crippen LogP) is 3.54. The lowest BCUT2D eigenvalue weighted by Crippen LogP contribution is -2.18. The molecule has 1 atom stereocenters. The van der Waals surface area contributed by atoms with Crippen LogP contribution in [0.1, 0.15) is 44.2 Å². The molecule has 1 unspecified atom stereocenters. The molecule has 0 amide bonds. The van der Waals surface area contributed by atoms with E-state index in [2.05, 4.69) is 36.8 Å². The molecule has 0 fully saturated rings. The van der Waals surface area contributed by atoms with Crippen molar-refractivity contribution in [1.82, 2.24) is 0 Å². The Balaban J connectivity index is 2.20. The molecule has 0 saturated heterocycles. The Hall–Kier alpha value is -3.24. The van der Waals surface area contributed by atoms with Gasteiger partial charge in [-0.15, -0.1) is 0 Å². The lowest BCUT2D eigenvalue weighted by molar-refractivity contribution is -0.144. The van der Waals surface area contributed by atoms with Crippen LogP contribution in [-0.2, 0) is 14.3 Å². The second kappa shape index (κ2) is 8.74. The average molecular weight is 348 g/mol. The highest BCUT2D eigenvalue weighted by Gasteiger charge is 2.14. The summed E-state index contributed by atoms with van der Waals surface area (Å²) < 4.78 is 10.6. The molecular formula is C22H20O4. The maximum Gasteiger partial charge on any atom is 0.338 e. The molecule has 0 N–H and O–H groups in total. The number of rotatable bonds is 4. The van der Waals surface area contributed by atoms with Crippen LogP contribution < -0.4 is 4.74 Å². The van der Waals surface area contributed by atoms with Crippen molar-refractivity contribution in [2.45, 2.75) is 39.2 Å². The number of fused-ring (bicyclic) bond motifs is 1. The SMILES string of the molecule is C=C(C)C(=O)Oc1ccc2c(c1)C#CCCC(OC(=O)C(=C)C)CC#C2. The lowest BCUT2D eigenvalue weighted by atomic mass is 10.0. The predicted molar refractivity (Wildman–Crippen MR) is 99.2 cm³/mol. The Labute approximate surface area is 153 Å². The van der Waals surface area contributed by atoms with Crippen LogP contribution in [0.4, 0.5) is 0 Å². The van der Waals surface area contributed by atoms with Crippen LogP contribution in [-0.4, -0.2) is 18.0 Å². The first-order chi connectivity index (χ1) is 12.4. The van der Waals surface area contributed by atoms with E-state index in [1.54, 1.807) is 32.0 Å². The van der Waals surface area contributed by atoms with Crippen LogP contribution >= 0.6 is 0 Å². The third-order valence-corrected chi connectivity index (χ3v) is 3.54. The van der Waals surface area contributed by atoms with Gasteiger partial charge in [0.15, 0.2) is 0 Å². The first-order valence-electron chi connectivity index (χ1n) is 8.23. The van der Waals surface area contributed by atoms with E-state index in [0.29, 0.717) is 41.7 Å². The molecule has 4 heteroatoms. The molecule has 26 heavy (non-hydrogen) atoms. The van der Waals surface area contributed by atoms with E-state index < -0.39 is 11.9 Å². The zero-order valence-electron chi connectivity index (χ0n) is 15.0. The van der Waals surface area contributed by atoms with Gasteiger partial charge in [-0.25, -0.2) is 9.59 Å². The monoisotopic (exact) mass is 348 g/mol. The van der Waals surface area contributed by atoms with Gasteiger partial charge in [0.2, 0.25) is 0 Å². The van der Waals surface area contributed by atoms with Crippen LogP contribution in [0, 0.1) is 23.7 Å². The number of ether oxygens (including phenoxy) is 2. The van der Waals surface area contributed by atoms with Crippen molar-refractivity contribution in [3.63, 3.8) is 0 Å². The van der Waals surface area contributed by atoms with Crippen LogP contribution in [0.3, 0.4) is 0 Å². The summed E-state index contributed by atoms with van der Waals surface area (Å²) in [6.07, 6.45) is 1.27. The van der Waals surface area contributed by atoms with E-state index in [1.165, 1.54) is 0 Å². The van der Waals surface area contributed by atoms with Crippen LogP contribution in [0.5, 0.6) is 5.75 Å². The molecule has 0 spiro atoms. The molecular weight excluding hydrogens is 328 g/mol. The smallest absolute Gasteiger partial charge is 0.338 e. The zero-order valence-corrected chi connectivity index (χ0v) is 15.0. The molecule has 2 rings (SSSR count). The van der Waals surface area contributed by atoms with E-state index >= 15 is 0 Å². The Morgan fingerprint density at radius 2 is 1.73 bits per heavy atom. The van der Waals surface area contributed by atoms with E-state index in [9.17, 15) is 9.59 Å². The normalized spacial score (nSPS) is 15.1. The molecule has 0 aromatic heterocycles. The fourth-order valence-corrected chi connectivity index (χ4v) is 2.10. The summed E-state index contributed by atoms with van der Waals surface area (Å²) in [5.74, 6) is 11.7. The molecule has 1 aromatic carbocycles. The number of benzene rings is 1. The van der Waals surface area contributed by atoms with Gasteiger partial charge in [0, 0.05) is 35.1 Å². The zero-order chi connectivity index (χ0) is 19.1. The van der Waals surface area contributed by atoms with E-state index in [-0.39, 0.29) is 6.10 Å². The Morgan fingerprint density at radius 3 is 2.42 bits per heavy atom. The van der Waals surface area contributed by atoms with Gasteiger partial charge in [-0.05, 0) is 38.5 Å². The second-order valence-electron chi connectivity index (χ2n) is 6.03. The van der Waals surface area contributed by atoms with Crippen LogP contribution in [0.15, 0.2) is 42.5 Å². The summed E-state index contributed by atoms with van der Waals surface area (Å²) in [5.41, 5.74) is 2.12. The van der Waals surface area contributed by atoms with Crippen molar-refractivity contribution in [1.29, 1.82) is 0 Å². The highest BCUT2D eigenvalue weighted by Crippen LogP contribution is 2.19. The van der Waals surface area contributed by atoms with Gasteiger partial charge in [0.05, 0.1) is 0 Å². The fraction of sp³-hybridized carbons (Fsp3) is 0.273. The first-order valence-corrected chi connectivity index (χ1v) is 8.23. The third-order valence-electron chi connectivity index (χ3n) is 3.54. The Morgan fingerprint density at radius 1 is 1.04 bits per heavy atom. The molecule has 1 aliphatic rings. The summed E-state index contributed by atoms with van der Waals surface area (Å²) in [7, 11) is 0. The van der Waals surface area contributed by atoms with Crippen LogP contribution in [0.25, 0.3) is 0 Å². The highest BCUT2D eigenvalue weighted by molar-refractivity contribution is 5.89. The molecule has 1 aromatic rings. The Bertz CT molecular complexity index is 884. The Kier molecular flexibility index (Phi) is 6.42. The molecule has 0 bridgehead atoms. The molecule has 4 nitrogen and oxygen atoms in total. The standard InChI is InChI=1S/C22H20O4/c1-15(2)21(23)25-19-10-6-5-8-18-14-20(26-22(24)16(3)4)13-12-17(18)9-7-11-19/h12-14,19H,1,3,6,10-11H2,2,4H3. The summed E-state index contributed by atoms with van der Waals surface area (Å²) in [6.45, 7) is 10.3. The van der Waals surface area contributed by atoms with Crippen molar-refractivity contribution in [3.8, 4) is 29.4 Å². The minimum Gasteiger partial charge on any atom is -0.458 e. The minimum atomic E-state index is -0.481. The number of esters is 2. The largest absolute Gasteiger partial charge is 0.458 e. The van der Waals surface area contributed by atoms with Crippen molar-refractivity contribution >= 4 is 11.9 Å². The average Bonchev–Trinajstić information content (AvgIpc) is 2.59. The topological polar surface area (TPSA) is 52.6 Å². The summed E-state index contributed by atoms with van der Waals surface area (Å²) in [6, 6.07) is 5.12. The van der Waals surface area contributed by atoms with Gasteiger partial charge in [-0.3, -0.25) is 0 Å². The fourth-order valence-electron chi connectivity index (χ4n) is 2.10. The first kappa shape index (κ1) is 19.1. The third kappa shape index (κ3) is 5.40. The van der Waals surface area contributed by atoms with E-state index in [1.807, 2.05) is 0 Å². The van der Waals surface area contributed by atoms with Gasteiger partial charge < -0.3 is 9.47 Å². The van der Waals surface area contributed by atoms with Gasteiger partial charge in [0.25, 0.3) is 0 Å². The highest BCUT2D eigenvalue weighted by atomic mass is 16.5. The maximum atomic E-state index is 11.7.